The van der Waals surface area contributed by atoms with Gasteiger partial charge in [0, 0.05) is 36.9 Å². The lowest BCUT2D eigenvalue weighted by Gasteiger charge is -2.36. The number of hydrogen-bond acceptors (Lipinski definition) is 3. The second-order valence-corrected chi connectivity index (χ2v) is 9.16. The Kier molecular flexibility index (Phi) is 4.37. The largest absolute Gasteiger partial charge is 0.369 e. The molecule has 0 radical (unpaired) electrons. The van der Waals surface area contributed by atoms with Gasteiger partial charge in [-0.3, -0.25) is 4.90 Å². The molecule has 3 nitrogen and oxygen atoms in total. The third-order valence-electron chi connectivity index (χ3n) is 3.10. The first-order valence-corrected chi connectivity index (χ1v) is 9.37. The van der Waals surface area contributed by atoms with Crippen LogP contribution >= 0.6 is 18.7 Å². The van der Waals surface area contributed by atoms with Gasteiger partial charge in [-0.25, -0.2) is 0 Å². The minimum atomic E-state index is -1.94. The maximum atomic E-state index is 11.8. The predicted octanol–water partition coefficient (Wildman–Crippen LogP) is 3.04. The van der Waals surface area contributed by atoms with E-state index in [1.807, 2.05) is 25.5 Å². The molecule has 0 amide bonds. The molecule has 1 aliphatic heterocycles. The average Bonchev–Trinajstić information content (AvgIpc) is 2.29. The van der Waals surface area contributed by atoms with Gasteiger partial charge >= 0.3 is 0 Å². The van der Waals surface area contributed by atoms with Gasteiger partial charge in [0.2, 0.25) is 0 Å². The number of rotatable bonds is 3. The highest BCUT2D eigenvalue weighted by molar-refractivity contribution is 7.62. The Morgan fingerprint density at radius 1 is 1.11 bits per heavy atom. The third kappa shape index (κ3) is 4.01. The molecule has 1 aliphatic rings. The van der Waals surface area contributed by atoms with Crippen molar-refractivity contribution in [3.8, 4) is 0 Å². The molecule has 2 rings (SSSR count). The van der Waals surface area contributed by atoms with Crippen molar-refractivity contribution in [2.75, 3.05) is 50.7 Å². The van der Waals surface area contributed by atoms with Crippen LogP contribution in [-0.4, -0.2) is 50.7 Å². The Hall–Kier alpha value is -0.500. The molecule has 1 saturated heterocycles. The minimum Gasteiger partial charge on any atom is -0.369 e. The van der Waals surface area contributed by atoms with Crippen molar-refractivity contribution in [3.05, 3.63) is 29.3 Å². The topological polar surface area (TPSA) is 23.6 Å². The monoisotopic (exact) mass is 286 g/mol. The van der Waals surface area contributed by atoms with E-state index in [1.165, 1.54) is 5.69 Å². The molecule has 0 atom stereocenters. The number of anilines is 1. The first-order valence-electron chi connectivity index (χ1n) is 6.21. The first kappa shape index (κ1) is 13.9. The van der Waals surface area contributed by atoms with Crippen LogP contribution in [0.2, 0.25) is 5.02 Å². The zero-order valence-corrected chi connectivity index (χ0v) is 12.6. The fraction of sp³-hybridized carbons (Fsp3) is 0.538. The van der Waals surface area contributed by atoms with Crippen LogP contribution in [0.1, 0.15) is 0 Å². The molecule has 0 N–H and O–H groups in total. The highest BCUT2D eigenvalue weighted by Gasteiger charge is 2.20. The van der Waals surface area contributed by atoms with E-state index in [0.717, 1.165) is 37.5 Å². The van der Waals surface area contributed by atoms with Crippen LogP contribution in [0.5, 0.6) is 0 Å². The fourth-order valence-electron chi connectivity index (χ4n) is 2.28. The van der Waals surface area contributed by atoms with Crippen LogP contribution < -0.4 is 4.90 Å². The van der Waals surface area contributed by atoms with Gasteiger partial charge in [0.05, 0.1) is 13.4 Å². The lowest BCUT2D eigenvalue weighted by Crippen LogP contribution is -2.46. The van der Waals surface area contributed by atoms with Gasteiger partial charge < -0.3 is 9.46 Å². The SMILES string of the molecule is CP(C)(=O)CN1CCN(c2ccc(Cl)cc2)CC1. The van der Waals surface area contributed by atoms with E-state index in [0.29, 0.717) is 0 Å². The van der Waals surface area contributed by atoms with Gasteiger partial charge in [0.1, 0.15) is 0 Å². The summed E-state index contributed by atoms with van der Waals surface area (Å²) in [6.45, 7) is 7.66. The van der Waals surface area contributed by atoms with E-state index < -0.39 is 7.14 Å². The molecule has 100 valence electrons. The Balaban J connectivity index is 1.90. The zero-order valence-electron chi connectivity index (χ0n) is 11.0. The summed E-state index contributed by atoms with van der Waals surface area (Å²) >= 11 is 5.89. The third-order valence-corrected chi connectivity index (χ3v) is 4.44. The number of piperazine rings is 1. The molecule has 1 aromatic rings. The molecular formula is C13H20ClN2OP. The van der Waals surface area contributed by atoms with Crippen LogP contribution in [0.15, 0.2) is 24.3 Å². The van der Waals surface area contributed by atoms with E-state index in [2.05, 4.69) is 21.9 Å². The fourth-order valence-corrected chi connectivity index (χ4v) is 3.65. The molecule has 0 aromatic heterocycles. The van der Waals surface area contributed by atoms with E-state index in [4.69, 9.17) is 11.6 Å². The molecule has 0 spiro atoms. The van der Waals surface area contributed by atoms with Gasteiger partial charge in [0.15, 0.2) is 0 Å². The average molecular weight is 287 g/mol. The molecule has 5 heteroatoms. The Labute approximate surface area is 114 Å². The van der Waals surface area contributed by atoms with E-state index >= 15 is 0 Å². The normalized spacial score (nSPS) is 18.1. The summed E-state index contributed by atoms with van der Waals surface area (Å²) in [5.41, 5.74) is 1.22. The summed E-state index contributed by atoms with van der Waals surface area (Å²) in [7, 11) is -1.94. The van der Waals surface area contributed by atoms with E-state index in [1.54, 1.807) is 0 Å². The molecule has 0 unspecified atom stereocenters. The Morgan fingerprint density at radius 3 is 2.17 bits per heavy atom. The number of benzene rings is 1. The number of nitrogens with zero attached hydrogens (tertiary/aromatic N) is 2. The van der Waals surface area contributed by atoms with Gasteiger partial charge in [0.25, 0.3) is 0 Å². The predicted molar refractivity (Wildman–Crippen MR) is 79.6 cm³/mol. The van der Waals surface area contributed by atoms with Crippen LogP contribution in [0.3, 0.4) is 0 Å². The Bertz CT molecular complexity index is 435. The van der Waals surface area contributed by atoms with Crippen molar-refractivity contribution in [1.29, 1.82) is 0 Å². The van der Waals surface area contributed by atoms with Crippen molar-refractivity contribution in [1.82, 2.24) is 4.90 Å². The standard InChI is InChI=1S/C13H20ClN2OP/c1-18(2,17)11-15-7-9-16(10-8-15)13-5-3-12(14)4-6-13/h3-6H,7-11H2,1-2H3. The summed E-state index contributed by atoms with van der Waals surface area (Å²) in [6, 6.07) is 7.97. The maximum Gasteiger partial charge on any atom is 0.0951 e. The minimum absolute atomic E-state index is 0.738. The molecule has 18 heavy (non-hydrogen) atoms. The van der Waals surface area contributed by atoms with Gasteiger partial charge in [-0.05, 0) is 37.6 Å². The van der Waals surface area contributed by atoms with Crippen LogP contribution in [0, 0.1) is 0 Å². The summed E-state index contributed by atoms with van der Waals surface area (Å²) < 4.78 is 11.8. The highest BCUT2D eigenvalue weighted by atomic mass is 35.5. The van der Waals surface area contributed by atoms with Gasteiger partial charge in [-0.1, -0.05) is 11.6 Å². The van der Waals surface area contributed by atoms with Crippen molar-refractivity contribution < 1.29 is 4.57 Å². The van der Waals surface area contributed by atoms with E-state index in [-0.39, 0.29) is 0 Å². The Morgan fingerprint density at radius 2 is 1.67 bits per heavy atom. The molecule has 1 heterocycles. The second-order valence-electron chi connectivity index (χ2n) is 5.30. The molecule has 1 fully saturated rings. The number of halogens is 1. The molecule has 0 aliphatic carbocycles. The summed E-state index contributed by atoms with van der Waals surface area (Å²) in [6.07, 6.45) is 0.738. The quantitative estimate of drug-likeness (QED) is 0.798. The number of hydrogen-bond donors (Lipinski definition) is 0. The van der Waals surface area contributed by atoms with Gasteiger partial charge in [-0.15, -0.1) is 0 Å². The van der Waals surface area contributed by atoms with Crippen molar-refractivity contribution >= 4 is 24.4 Å². The maximum absolute atomic E-state index is 11.8. The first-order chi connectivity index (χ1) is 8.44. The van der Waals surface area contributed by atoms with Crippen LogP contribution in [-0.2, 0) is 4.57 Å². The van der Waals surface area contributed by atoms with Crippen molar-refractivity contribution in [2.45, 2.75) is 0 Å². The molecule has 1 aromatic carbocycles. The summed E-state index contributed by atoms with van der Waals surface area (Å²) in [5, 5.41) is 0.773. The van der Waals surface area contributed by atoms with E-state index in [9.17, 15) is 4.57 Å². The molecular weight excluding hydrogens is 267 g/mol. The summed E-state index contributed by atoms with van der Waals surface area (Å²) in [5.74, 6) is 0. The smallest absolute Gasteiger partial charge is 0.0951 e. The van der Waals surface area contributed by atoms with Crippen molar-refractivity contribution in [2.24, 2.45) is 0 Å². The molecule has 0 saturated carbocycles. The second kappa shape index (κ2) is 5.64. The van der Waals surface area contributed by atoms with Crippen molar-refractivity contribution in [3.63, 3.8) is 0 Å². The molecule has 0 bridgehead atoms. The summed E-state index contributed by atoms with van der Waals surface area (Å²) in [4.78, 5) is 4.65. The van der Waals surface area contributed by atoms with Crippen LogP contribution in [0.25, 0.3) is 0 Å². The lowest BCUT2D eigenvalue weighted by atomic mass is 10.2. The van der Waals surface area contributed by atoms with Crippen LogP contribution in [0.4, 0.5) is 5.69 Å². The van der Waals surface area contributed by atoms with Gasteiger partial charge in [-0.2, -0.15) is 0 Å². The highest BCUT2D eigenvalue weighted by Crippen LogP contribution is 2.36. The zero-order chi connectivity index (χ0) is 13.2. The lowest BCUT2D eigenvalue weighted by molar-refractivity contribution is 0.294.